The third-order valence-corrected chi connectivity index (χ3v) is 2.20. The highest BCUT2D eigenvalue weighted by atomic mass is 16.7. The standard InChI is InChI=1S/C9H13N3O4/c1-14-5-8-15-4-7(16-8)12-3-2-6(10)11-9(12)13/h2-3,7-8H,4-5H2,1H3,(H2,10,11,13)/t7-,8-/m0/s1. The van der Waals surface area contributed by atoms with E-state index in [9.17, 15) is 4.79 Å². The predicted molar refractivity (Wildman–Crippen MR) is 54.6 cm³/mol. The Bertz CT molecular complexity index is 419. The Morgan fingerprint density at radius 3 is 3.25 bits per heavy atom. The molecule has 7 nitrogen and oxygen atoms in total. The second-order valence-electron chi connectivity index (χ2n) is 3.35. The van der Waals surface area contributed by atoms with E-state index in [0.717, 1.165) is 0 Å². The van der Waals surface area contributed by atoms with Crippen LogP contribution in [0.4, 0.5) is 5.82 Å². The summed E-state index contributed by atoms with van der Waals surface area (Å²) in [6, 6.07) is 1.54. The summed E-state index contributed by atoms with van der Waals surface area (Å²) in [5.74, 6) is 0.189. The number of hydrogen-bond acceptors (Lipinski definition) is 6. The van der Waals surface area contributed by atoms with Gasteiger partial charge >= 0.3 is 5.69 Å². The van der Waals surface area contributed by atoms with Crippen molar-refractivity contribution in [3.05, 3.63) is 22.7 Å². The van der Waals surface area contributed by atoms with Crippen molar-refractivity contribution < 1.29 is 14.2 Å². The first kappa shape index (κ1) is 11.1. The molecular weight excluding hydrogens is 214 g/mol. The van der Waals surface area contributed by atoms with Gasteiger partial charge in [-0.3, -0.25) is 4.57 Å². The smallest absolute Gasteiger partial charge is 0.351 e. The Balaban J connectivity index is 2.11. The van der Waals surface area contributed by atoms with Crippen molar-refractivity contribution in [2.24, 2.45) is 0 Å². The molecule has 2 rings (SSSR count). The second kappa shape index (κ2) is 4.60. The molecule has 2 atom stereocenters. The first-order valence-electron chi connectivity index (χ1n) is 4.81. The Hall–Kier alpha value is -1.44. The summed E-state index contributed by atoms with van der Waals surface area (Å²) in [5.41, 5.74) is 4.93. The Morgan fingerprint density at radius 2 is 2.56 bits per heavy atom. The number of methoxy groups -OCH3 is 1. The number of nitrogens with two attached hydrogens (primary N) is 1. The molecule has 0 saturated carbocycles. The first-order chi connectivity index (χ1) is 7.70. The summed E-state index contributed by atoms with van der Waals surface area (Å²) < 4.78 is 16.9. The highest BCUT2D eigenvalue weighted by Gasteiger charge is 2.27. The average molecular weight is 227 g/mol. The van der Waals surface area contributed by atoms with Crippen LogP contribution in [0.5, 0.6) is 0 Å². The van der Waals surface area contributed by atoms with Crippen molar-refractivity contribution in [2.75, 3.05) is 26.1 Å². The number of nitrogen functional groups attached to an aromatic ring is 1. The van der Waals surface area contributed by atoms with Gasteiger partial charge in [-0.1, -0.05) is 0 Å². The van der Waals surface area contributed by atoms with Crippen LogP contribution in [-0.2, 0) is 14.2 Å². The Labute approximate surface area is 91.7 Å². The van der Waals surface area contributed by atoms with Crippen LogP contribution >= 0.6 is 0 Å². The van der Waals surface area contributed by atoms with E-state index in [1.165, 1.54) is 16.8 Å². The minimum atomic E-state index is -0.472. The fraction of sp³-hybridized carbons (Fsp3) is 0.556. The first-order valence-corrected chi connectivity index (χ1v) is 4.81. The highest BCUT2D eigenvalue weighted by Crippen LogP contribution is 2.19. The van der Waals surface area contributed by atoms with E-state index in [1.807, 2.05) is 0 Å². The number of hydrogen-bond donors (Lipinski definition) is 1. The predicted octanol–water partition coefficient (Wildman–Crippen LogP) is -0.657. The maximum absolute atomic E-state index is 11.5. The summed E-state index contributed by atoms with van der Waals surface area (Å²) in [6.07, 6.45) is 0.619. The quantitative estimate of drug-likeness (QED) is 0.737. The molecule has 16 heavy (non-hydrogen) atoms. The fourth-order valence-electron chi connectivity index (χ4n) is 1.46. The van der Waals surface area contributed by atoms with E-state index in [-0.39, 0.29) is 5.82 Å². The van der Waals surface area contributed by atoms with Gasteiger partial charge in [0.05, 0.1) is 13.2 Å². The van der Waals surface area contributed by atoms with Crippen LogP contribution in [0.15, 0.2) is 17.1 Å². The summed E-state index contributed by atoms with van der Waals surface area (Å²) in [7, 11) is 1.55. The van der Waals surface area contributed by atoms with Crippen LogP contribution in [0.25, 0.3) is 0 Å². The molecule has 7 heteroatoms. The van der Waals surface area contributed by atoms with Gasteiger partial charge in [0.25, 0.3) is 0 Å². The van der Waals surface area contributed by atoms with Gasteiger partial charge in [0.15, 0.2) is 12.5 Å². The van der Waals surface area contributed by atoms with Gasteiger partial charge in [-0.25, -0.2) is 4.79 Å². The van der Waals surface area contributed by atoms with Crippen molar-refractivity contribution in [3.8, 4) is 0 Å². The molecular formula is C9H13N3O4. The van der Waals surface area contributed by atoms with E-state index in [1.54, 1.807) is 7.11 Å². The number of rotatable bonds is 3. The summed E-state index contributed by atoms with van der Waals surface area (Å²) >= 11 is 0. The van der Waals surface area contributed by atoms with Crippen molar-refractivity contribution in [2.45, 2.75) is 12.5 Å². The zero-order chi connectivity index (χ0) is 11.5. The van der Waals surface area contributed by atoms with Gasteiger partial charge in [-0.05, 0) is 6.07 Å². The molecule has 1 aliphatic rings. The van der Waals surface area contributed by atoms with Crippen LogP contribution in [0, 0.1) is 0 Å². The van der Waals surface area contributed by atoms with Gasteiger partial charge < -0.3 is 19.9 Å². The van der Waals surface area contributed by atoms with Crippen LogP contribution in [0.3, 0.4) is 0 Å². The molecule has 2 N–H and O–H groups in total. The molecule has 0 bridgehead atoms. The molecule has 0 aliphatic carbocycles. The largest absolute Gasteiger partial charge is 0.383 e. The van der Waals surface area contributed by atoms with Crippen LogP contribution in [0.1, 0.15) is 6.23 Å². The maximum Gasteiger partial charge on any atom is 0.351 e. The lowest BCUT2D eigenvalue weighted by molar-refractivity contribution is -0.107. The molecule has 0 spiro atoms. The molecule has 0 radical (unpaired) electrons. The SMILES string of the molecule is COC[C@H]1OC[C@@H](n2ccc(N)nc2=O)O1. The number of aromatic nitrogens is 2. The van der Waals surface area contributed by atoms with Gasteiger partial charge in [0.1, 0.15) is 5.82 Å². The fourth-order valence-corrected chi connectivity index (χ4v) is 1.46. The molecule has 0 aromatic carbocycles. The Morgan fingerprint density at radius 1 is 1.75 bits per heavy atom. The normalized spacial score (nSPS) is 24.8. The molecule has 1 aliphatic heterocycles. The van der Waals surface area contributed by atoms with Crippen molar-refractivity contribution in [1.82, 2.24) is 9.55 Å². The third-order valence-electron chi connectivity index (χ3n) is 2.20. The lowest BCUT2D eigenvalue weighted by Crippen LogP contribution is -2.28. The van der Waals surface area contributed by atoms with E-state index in [4.69, 9.17) is 19.9 Å². The molecule has 0 amide bonds. The zero-order valence-electron chi connectivity index (χ0n) is 8.83. The molecule has 1 fully saturated rings. The van der Waals surface area contributed by atoms with Crippen LogP contribution in [-0.4, -0.2) is 36.2 Å². The zero-order valence-corrected chi connectivity index (χ0v) is 8.83. The summed E-state index contributed by atoms with van der Waals surface area (Å²) in [5, 5.41) is 0. The second-order valence-corrected chi connectivity index (χ2v) is 3.35. The van der Waals surface area contributed by atoms with E-state index < -0.39 is 18.2 Å². The molecule has 1 aromatic heterocycles. The van der Waals surface area contributed by atoms with Crippen molar-refractivity contribution >= 4 is 5.82 Å². The topological polar surface area (TPSA) is 88.6 Å². The lowest BCUT2D eigenvalue weighted by Gasteiger charge is -2.12. The third kappa shape index (κ3) is 2.21. The van der Waals surface area contributed by atoms with Gasteiger partial charge in [-0.2, -0.15) is 4.98 Å². The van der Waals surface area contributed by atoms with Gasteiger partial charge in [0, 0.05) is 13.3 Å². The summed E-state index contributed by atoms with van der Waals surface area (Å²) in [4.78, 5) is 15.1. The monoisotopic (exact) mass is 227 g/mol. The number of anilines is 1. The van der Waals surface area contributed by atoms with Crippen LogP contribution < -0.4 is 11.4 Å². The molecule has 88 valence electrons. The minimum Gasteiger partial charge on any atom is -0.383 e. The van der Waals surface area contributed by atoms with Crippen LogP contribution in [0.2, 0.25) is 0 Å². The number of ether oxygens (including phenoxy) is 3. The molecule has 1 aromatic rings. The number of nitrogens with zero attached hydrogens (tertiary/aromatic N) is 2. The highest BCUT2D eigenvalue weighted by molar-refractivity contribution is 5.23. The Kier molecular flexibility index (Phi) is 3.18. The lowest BCUT2D eigenvalue weighted by atomic mass is 10.5. The summed E-state index contributed by atoms with van der Waals surface area (Å²) in [6.45, 7) is 0.618. The molecule has 2 heterocycles. The van der Waals surface area contributed by atoms with E-state index in [0.29, 0.717) is 13.2 Å². The molecule has 1 saturated heterocycles. The van der Waals surface area contributed by atoms with Crippen molar-refractivity contribution in [1.29, 1.82) is 0 Å². The minimum absolute atomic E-state index is 0.189. The average Bonchev–Trinajstić information content (AvgIpc) is 2.67. The van der Waals surface area contributed by atoms with Crippen molar-refractivity contribution in [3.63, 3.8) is 0 Å². The van der Waals surface area contributed by atoms with Gasteiger partial charge in [-0.15, -0.1) is 0 Å². The van der Waals surface area contributed by atoms with E-state index in [2.05, 4.69) is 4.98 Å². The molecule has 0 unspecified atom stereocenters. The maximum atomic E-state index is 11.5. The van der Waals surface area contributed by atoms with E-state index >= 15 is 0 Å². The van der Waals surface area contributed by atoms with Gasteiger partial charge in [0.2, 0.25) is 0 Å².